The maximum Gasteiger partial charge on any atom is 0.270 e. The van der Waals surface area contributed by atoms with Crippen LogP contribution >= 0.6 is 0 Å². The molecule has 0 radical (unpaired) electrons. The van der Waals surface area contributed by atoms with E-state index in [2.05, 4.69) is 0 Å². The van der Waals surface area contributed by atoms with Gasteiger partial charge in [0.25, 0.3) is 11.6 Å². The highest BCUT2D eigenvalue weighted by atomic mass is 16.6. The maximum absolute atomic E-state index is 13.1. The van der Waals surface area contributed by atoms with Gasteiger partial charge in [0, 0.05) is 41.9 Å². The number of carbonyl (C=O) groups excluding carboxylic acids is 3. The van der Waals surface area contributed by atoms with Gasteiger partial charge in [0.05, 0.1) is 4.92 Å². The van der Waals surface area contributed by atoms with Gasteiger partial charge in [0.2, 0.25) is 11.8 Å². The molecule has 0 aliphatic carbocycles. The average Bonchev–Trinajstić information content (AvgIpc) is 3.10. The van der Waals surface area contributed by atoms with E-state index in [0.29, 0.717) is 25.1 Å². The zero-order valence-electron chi connectivity index (χ0n) is 14.9. The summed E-state index contributed by atoms with van der Waals surface area (Å²) in [6.45, 7) is 0.535. The quantitative estimate of drug-likeness (QED) is 0.603. The topological polar surface area (TPSA) is 127 Å². The Kier molecular flexibility index (Phi) is 5.35. The molecule has 3 amide bonds. The van der Waals surface area contributed by atoms with Crippen molar-refractivity contribution in [3.63, 3.8) is 0 Å². The van der Waals surface area contributed by atoms with Crippen LogP contribution < -0.4 is 10.6 Å². The Hall–Kier alpha value is -3.75. The molecule has 1 aliphatic heterocycles. The van der Waals surface area contributed by atoms with Crippen LogP contribution in [0.2, 0.25) is 0 Å². The van der Waals surface area contributed by atoms with Crippen molar-refractivity contribution in [3.8, 4) is 0 Å². The summed E-state index contributed by atoms with van der Waals surface area (Å²) in [6.07, 6.45) is 1.12. The van der Waals surface area contributed by atoms with Gasteiger partial charge >= 0.3 is 0 Å². The van der Waals surface area contributed by atoms with Gasteiger partial charge in [-0.05, 0) is 36.8 Å². The van der Waals surface area contributed by atoms with Crippen molar-refractivity contribution in [3.05, 3.63) is 69.8 Å². The lowest BCUT2D eigenvalue weighted by atomic mass is 10.1. The lowest BCUT2D eigenvalue weighted by Gasteiger charge is -2.28. The van der Waals surface area contributed by atoms with Crippen LogP contribution in [-0.2, 0) is 4.79 Å². The number of amides is 3. The van der Waals surface area contributed by atoms with E-state index in [1.54, 1.807) is 17.0 Å². The number of likely N-dealkylation sites (tertiary alicyclic amines) is 1. The van der Waals surface area contributed by atoms with Crippen LogP contribution in [0.25, 0.3) is 0 Å². The van der Waals surface area contributed by atoms with Crippen molar-refractivity contribution in [2.24, 2.45) is 5.73 Å². The first kappa shape index (κ1) is 19.0. The molecule has 28 heavy (non-hydrogen) atoms. The number of non-ortho nitro benzene ring substituents is 1. The van der Waals surface area contributed by atoms with Crippen molar-refractivity contribution in [2.45, 2.75) is 12.8 Å². The summed E-state index contributed by atoms with van der Waals surface area (Å²) in [6, 6.07) is 11.5. The predicted molar refractivity (Wildman–Crippen MR) is 101 cm³/mol. The number of anilines is 1. The Bertz CT molecular complexity index is 942. The second-order valence-corrected chi connectivity index (χ2v) is 6.35. The minimum Gasteiger partial charge on any atom is -0.366 e. The average molecular weight is 382 g/mol. The Morgan fingerprint density at radius 2 is 1.86 bits per heavy atom. The van der Waals surface area contributed by atoms with Gasteiger partial charge in [-0.1, -0.05) is 6.07 Å². The Labute approximate surface area is 160 Å². The molecule has 0 bridgehead atoms. The van der Waals surface area contributed by atoms with Gasteiger partial charge < -0.3 is 10.6 Å². The molecular formula is C19H18N4O5. The van der Waals surface area contributed by atoms with Gasteiger partial charge in [-0.15, -0.1) is 0 Å². The van der Waals surface area contributed by atoms with Crippen molar-refractivity contribution in [1.82, 2.24) is 4.90 Å². The number of nitro benzene ring substituents is 1. The van der Waals surface area contributed by atoms with Crippen LogP contribution in [0.5, 0.6) is 0 Å². The molecule has 0 spiro atoms. The SMILES string of the molecule is NC(=O)c1ccc(N(CN2CCCC2=O)C(=O)c2cccc([N+](=O)[O-])c2)cc1. The predicted octanol–water partition coefficient (Wildman–Crippen LogP) is 1.92. The molecule has 1 aliphatic rings. The highest BCUT2D eigenvalue weighted by Gasteiger charge is 2.27. The van der Waals surface area contributed by atoms with E-state index < -0.39 is 16.7 Å². The Morgan fingerprint density at radius 1 is 1.14 bits per heavy atom. The number of nitrogens with zero attached hydrogens (tertiary/aromatic N) is 3. The van der Waals surface area contributed by atoms with E-state index in [1.807, 2.05) is 0 Å². The summed E-state index contributed by atoms with van der Waals surface area (Å²) in [4.78, 5) is 49.8. The van der Waals surface area contributed by atoms with E-state index in [1.165, 1.54) is 41.3 Å². The molecule has 3 rings (SSSR count). The van der Waals surface area contributed by atoms with Crippen molar-refractivity contribution in [1.29, 1.82) is 0 Å². The minimum absolute atomic E-state index is 0.0102. The van der Waals surface area contributed by atoms with E-state index in [9.17, 15) is 24.5 Å². The number of primary amides is 1. The number of nitro groups is 1. The van der Waals surface area contributed by atoms with E-state index in [0.717, 1.165) is 0 Å². The summed E-state index contributed by atoms with van der Waals surface area (Å²) in [5, 5.41) is 11.0. The standard InChI is InChI=1S/C19H18N4O5/c20-18(25)13-6-8-15(9-7-13)22(12-21-10-2-5-17(21)24)19(26)14-3-1-4-16(11-14)23(27)28/h1,3-4,6-9,11H,2,5,10,12H2,(H2,20,25). The van der Waals surface area contributed by atoms with Gasteiger partial charge in [-0.2, -0.15) is 0 Å². The maximum atomic E-state index is 13.1. The molecule has 0 unspecified atom stereocenters. The summed E-state index contributed by atoms with van der Waals surface area (Å²) >= 11 is 0. The monoisotopic (exact) mass is 382 g/mol. The molecule has 2 aromatic rings. The molecule has 0 atom stereocenters. The van der Waals surface area contributed by atoms with Crippen LogP contribution in [0.15, 0.2) is 48.5 Å². The molecular weight excluding hydrogens is 364 g/mol. The third-order valence-electron chi connectivity index (χ3n) is 4.50. The fourth-order valence-corrected chi connectivity index (χ4v) is 3.00. The van der Waals surface area contributed by atoms with Crippen molar-refractivity contribution >= 4 is 29.1 Å². The molecule has 1 heterocycles. The third kappa shape index (κ3) is 3.98. The van der Waals surface area contributed by atoms with Crippen molar-refractivity contribution < 1.29 is 19.3 Å². The van der Waals surface area contributed by atoms with Crippen LogP contribution in [0.1, 0.15) is 33.6 Å². The van der Waals surface area contributed by atoms with Crippen LogP contribution in [0.3, 0.4) is 0 Å². The number of benzene rings is 2. The van der Waals surface area contributed by atoms with E-state index in [4.69, 9.17) is 5.73 Å². The highest BCUT2D eigenvalue weighted by Crippen LogP contribution is 2.22. The van der Waals surface area contributed by atoms with Gasteiger partial charge in [0.15, 0.2) is 0 Å². The molecule has 144 valence electrons. The minimum atomic E-state index is -0.599. The van der Waals surface area contributed by atoms with Crippen LogP contribution in [0, 0.1) is 10.1 Å². The summed E-state index contributed by atoms with van der Waals surface area (Å²) < 4.78 is 0. The lowest BCUT2D eigenvalue weighted by molar-refractivity contribution is -0.384. The molecule has 1 fully saturated rings. The third-order valence-corrected chi connectivity index (χ3v) is 4.50. The number of rotatable bonds is 6. The zero-order chi connectivity index (χ0) is 20.3. The molecule has 9 nitrogen and oxygen atoms in total. The molecule has 9 heteroatoms. The zero-order valence-corrected chi connectivity index (χ0v) is 14.9. The second-order valence-electron chi connectivity index (χ2n) is 6.35. The smallest absolute Gasteiger partial charge is 0.270 e. The fourth-order valence-electron chi connectivity index (χ4n) is 3.00. The largest absolute Gasteiger partial charge is 0.366 e. The number of hydrogen-bond acceptors (Lipinski definition) is 5. The van der Waals surface area contributed by atoms with Crippen LogP contribution in [-0.4, -0.2) is 40.8 Å². The Morgan fingerprint density at radius 3 is 2.43 bits per heavy atom. The van der Waals surface area contributed by atoms with E-state index in [-0.39, 0.29) is 29.4 Å². The number of nitrogens with two attached hydrogens (primary N) is 1. The summed E-state index contributed by atoms with van der Waals surface area (Å²) in [5.74, 6) is -1.15. The fraction of sp³-hybridized carbons (Fsp3) is 0.211. The van der Waals surface area contributed by atoms with Gasteiger partial charge in [-0.25, -0.2) is 0 Å². The van der Waals surface area contributed by atoms with Crippen LogP contribution in [0.4, 0.5) is 11.4 Å². The summed E-state index contributed by atoms with van der Waals surface area (Å²) in [5.41, 5.74) is 5.90. The second kappa shape index (κ2) is 7.87. The Balaban J connectivity index is 1.96. The normalized spacial score (nSPS) is 13.4. The first-order valence-electron chi connectivity index (χ1n) is 8.61. The molecule has 1 saturated heterocycles. The van der Waals surface area contributed by atoms with Gasteiger partial charge in [-0.3, -0.25) is 29.4 Å². The van der Waals surface area contributed by atoms with Crippen molar-refractivity contribution in [2.75, 3.05) is 18.1 Å². The number of carbonyl (C=O) groups is 3. The number of hydrogen-bond donors (Lipinski definition) is 1. The molecule has 2 N–H and O–H groups in total. The molecule has 0 aromatic heterocycles. The first-order valence-corrected chi connectivity index (χ1v) is 8.61. The molecule has 2 aromatic carbocycles. The lowest BCUT2D eigenvalue weighted by Crippen LogP contribution is -2.42. The summed E-state index contributed by atoms with van der Waals surface area (Å²) in [7, 11) is 0. The first-order chi connectivity index (χ1) is 13.4. The van der Waals surface area contributed by atoms with E-state index >= 15 is 0 Å². The highest BCUT2D eigenvalue weighted by molar-refractivity contribution is 6.07. The molecule has 0 saturated carbocycles. The van der Waals surface area contributed by atoms with Gasteiger partial charge in [0.1, 0.15) is 6.67 Å².